The van der Waals surface area contributed by atoms with Gasteiger partial charge in [-0.15, -0.1) is 0 Å². The molecule has 0 fully saturated rings. The number of aromatic nitrogens is 1. The first-order valence-electron chi connectivity index (χ1n) is 39.0. The molecule has 13 aromatic carbocycles. The van der Waals surface area contributed by atoms with Gasteiger partial charge in [0.15, 0.2) is 0 Å². The Bertz CT molecular complexity index is 6170. The molecule has 17 rings (SSSR count). The Morgan fingerprint density at radius 1 is 0.337 bits per heavy atom. The molecule has 2 aromatic heterocycles. The second-order valence-corrected chi connectivity index (χ2v) is 28.4. The number of anilines is 6. The number of para-hydroxylation sites is 3. The number of furan rings is 1. The Morgan fingerprint density at radius 3 is 1.37 bits per heavy atom. The van der Waals surface area contributed by atoms with E-state index in [1.165, 1.54) is 0 Å². The molecule has 0 amide bonds. The van der Waals surface area contributed by atoms with E-state index in [1.54, 1.807) is 4.57 Å². The fraction of sp³-hybridized carbons (Fsp3) is 0.133. The van der Waals surface area contributed by atoms with Gasteiger partial charge in [0.25, 0.3) is 6.71 Å². The number of fused-ring (bicyclic) bond motifs is 10. The van der Waals surface area contributed by atoms with Gasteiger partial charge in [-0.2, -0.15) is 0 Å². The van der Waals surface area contributed by atoms with Crippen molar-refractivity contribution < 1.29 is 22.2 Å². The highest BCUT2D eigenvalue weighted by molar-refractivity contribution is 7.00. The van der Waals surface area contributed by atoms with Crippen LogP contribution in [-0.2, 0) is 16.2 Å². The lowest BCUT2D eigenvalue weighted by Crippen LogP contribution is -2.61. The first-order valence-corrected chi connectivity index (χ1v) is 32.5. The van der Waals surface area contributed by atoms with Crippen LogP contribution >= 0.6 is 0 Å². The van der Waals surface area contributed by atoms with Crippen LogP contribution in [0.4, 0.5) is 34.1 Å². The van der Waals surface area contributed by atoms with Gasteiger partial charge < -0.3 is 18.8 Å². The molecule has 458 valence electrons. The number of hydrogen-bond donors (Lipinski definition) is 0. The molecule has 5 heteroatoms. The van der Waals surface area contributed by atoms with Gasteiger partial charge >= 0.3 is 0 Å². The van der Waals surface area contributed by atoms with Crippen LogP contribution in [0, 0.1) is 0 Å². The van der Waals surface area contributed by atoms with Gasteiger partial charge in [-0.3, -0.25) is 0 Å². The maximum atomic E-state index is 10.1. The molecular formula is C90H74BN3O. The molecule has 0 radical (unpaired) electrons. The lowest BCUT2D eigenvalue weighted by atomic mass is 9.33. The lowest BCUT2D eigenvalue weighted by molar-refractivity contribution is 0.569. The van der Waals surface area contributed by atoms with Crippen LogP contribution in [0.25, 0.3) is 105 Å². The molecule has 15 aromatic rings. The van der Waals surface area contributed by atoms with E-state index < -0.39 is 78.6 Å². The van der Waals surface area contributed by atoms with E-state index in [2.05, 4.69) is 151 Å². The third-order valence-electron chi connectivity index (χ3n) is 19.3. The minimum absolute atomic E-state index is 0.0120. The average Bonchev–Trinajstić information content (AvgIpc) is 1.12. The largest absolute Gasteiger partial charge is 0.456 e. The van der Waals surface area contributed by atoms with Crippen molar-refractivity contribution in [1.29, 1.82) is 0 Å². The molecule has 0 bridgehead atoms. The fourth-order valence-electron chi connectivity index (χ4n) is 14.5. The van der Waals surface area contributed by atoms with Crippen LogP contribution in [-0.4, -0.2) is 11.3 Å². The summed E-state index contributed by atoms with van der Waals surface area (Å²) in [5.41, 5.74) is 17.6. The third kappa shape index (κ3) is 9.65. The molecule has 95 heavy (non-hydrogen) atoms. The summed E-state index contributed by atoms with van der Waals surface area (Å²) in [4.78, 5) is 4.52. The standard InChI is InChI=1S/C90H74BN3O/c1-88(2,3)65-46-63(47-66(52-65)89(4,5)6)62-43-45-75-79(49-62)94(87-72(59-32-18-12-19-33-59)53-67(90(7,8)9)54-73(87)60-34-20-13-21-35-60)82-56-68(92-76-39-25-22-36-69(76)70-37-23-26-40-77(70)92)55-81-86(82)91(75)74-44-42-61(57-28-14-10-15-29-57)48-78(74)93(81)80-50-64(58-30-16-11-17-31-58)51-84-85(80)71-38-24-27-41-83(71)95-84/h10-56H,1-9H3/i10D,14D,15D,22D,23D,25D,26D,28D,29D,36D,37D,39D,40D. The summed E-state index contributed by atoms with van der Waals surface area (Å²) in [6, 6.07) is 64.2. The number of rotatable bonds is 8. The highest BCUT2D eigenvalue weighted by Crippen LogP contribution is 2.55. The molecule has 0 unspecified atom stereocenters. The van der Waals surface area contributed by atoms with Crippen molar-refractivity contribution in [2.45, 2.75) is 78.6 Å². The number of nitrogens with zero attached hydrogens (tertiary/aromatic N) is 3. The summed E-state index contributed by atoms with van der Waals surface area (Å²) in [7, 11) is 0. The van der Waals surface area contributed by atoms with Gasteiger partial charge in [0, 0.05) is 50.0 Å². The Labute approximate surface area is 576 Å². The highest BCUT2D eigenvalue weighted by atomic mass is 16.3. The van der Waals surface area contributed by atoms with Gasteiger partial charge in [0.05, 0.1) is 51.3 Å². The van der Waals surface area contributed by atoms with Crippen molar-refractivity contribution in [2.75, 3.05) is 9.80 Å². The van der Waals surface area contributed by atoms with E-state index in [-0.39, 0.29) is 56.0 Å². The zero-order valence-electron chi connectivity index (χ0n) is 67.5. The van der Waals surface area contributed by atoms with Crippen LogP contribution < -0.4 is 26.2 Å². The van der Waals surface area contributed by atoms with Crippen LogP contribution in [0.15, 0.2) is 289 Å². The summed E-state index contributed by atoms with van der Waals surface area (Å²) >= 11 is 0. The Hall–Kier alpha value is -10.9. The maximum absolute atomic E-state index is 10.1. The van der Waals surface area contributed by atoms with Gasteiger partial charge in [-0.25, -0.2) is 0 Å². The average molecular weight is 1240 g/mol. The third-order valence-corrected chi connectivity index (χ3v) is 19.3. The SMILES string of the molecule is [2H]c1c([2H])c([2H])c(-c2ccc3c(c2)N(c2cc(-c4ccccc4)cc4oc5ccccc5c24)c2cc(-n4c5c([2H])c([2H])c([2H])c([2H])c5c5c([2H])c([2H])c([2H])c([2H])c54)cc4c2B3c2ccc(-c3cc(C(C)(C)C)cc(C(C)(C)C)c3)cc2N4c2c(-c3ccccc3)cc(C(C)(C)C)cc2-c2ccccc2)c([2H])c1[2H]. The summed E-state index contributed by atoms with van der Waals surface area (Å²) in [5, 5.41) is 1.31. The van der Waals surface area contributed by atoms with E-state index in [0.717, 1.165) is 94.3 Å². The Balaban J connectivity index is 1.14. The van der Waals surface area contributed by atoms with Crippen molar-refractivity contribution in [2.24, 2.45) is 0 Å². The van der Waals surface area contributed by atoms with Crippen LogP contribution in [0.2, 0.25) is 0 Å². The highest BCUT2D eigenvalue weighted by Gasteiger charge is 2.46. The van der Waals surface area contributed by atoms with Crippen molar-refractivity contribution in [3.05, 3.63) is 301 Å². The van der Waals surface area contributed by atoms with Crippen molar-refractivity contribution >= 4 is 101 Å². The molecule has 2 aliphatic rings. The molecule has 0 spiro atoms. The summed E-state index contributed by atoms with van der Waals surface area (Å²) < 4.78 is 132. The molecule has 0 saturated heterocycles. The lowest BCUT2D eigenvalue weighted by Gasteiger charge is -2.45. The zero-order chi connectivity index (χ0) is 76.0. The van der Waals surface area contributed by atoms with Gasteiger partial charge in [-0.1, -0.05) is 280 Å². The molecule has 0 N–H and O–H groups in total. The number of benzene rings is 13. The normalized spacial score (nSPS) is 15.0. The molecule has 4 nitrogen and oxygen atoms in total. The van der Waals surface area contributed by atoms with Gasteiger partial charge in [0.2, 0.25) is 0 Å². The smallest absolute Gasteiger partial charge is 0.252 e. The van der Waals surface area contributed by atoms with Gasteiger partial charge in [0.1, 0.15) is 11.2 Å². The fourth-order valence-corrected chi connectivity index (χ4v) is 14.5. The number of hydrogen-bond acceptors (Lipinski definition) is 3. The second-order valence-electron chi connectivity index (χ2n) is 28.4. The van der Waals surface area contributed by atoms with Crippen molar-refractivity contribution in [1.82, 2.24) is 4.57 Å². The van der Waals surface area contributed by atoms with Gasteiger partial charge in [-0.05, 0) is 161 Å². The Morgan fingerprint density at radius 2 is 0.800 bits per heavy atom. The van der Waals surface area contributed by atoms with E-state index in [1.807, 2.05) is 127 Å². The topological polar surface area (TPSA) is 24.6 Å². The monoisotopic (exact) mass is 1240 g/mol. The molecule has 0 atom stereocenters. The Kier molecular flexibility index (Phi) is 10.5. The predicted octanol–water partition coefficient (Wildman–Crippen LogP) is 23.0. The zero-order valence-corrected chi connectivity index (χ0v) is 54.5. The summed E-state index contributed by atoms with van der Waals surface area (Å²) in [6.07, 6.45) is 0. The first kappa shape index (κ1) is 45.4. The minimum Gasteiger partial charge on any atom is -0.456 e. The van der Waals surface area contributed by atoms with E-state index in [9.17, 15) is 13.7 Å². The maximum Gasteiger partial charge on any atom is 0.252 e. The minimum atomic E-state index is -0.702. The van der Waals surface area contributed by atoms with E-state index in [0.29, 0.717) is 44.9 Å². The molecule has 0 saturated carbocycles. The quantitative estimate of drug-likeness (QED) is 0.142. The van der Waals surface area contributed by atoms with Crippen LogP contribution in [0.5, 0.6) is 0 Å². The van der Waals surface area contributed by atoms with E-state index in [4.69, 9.17) is 8.53 Å². The van der Waals surface area contributed by atoms with E-state index >= 15 is 0 Å². The molecule has 4 heterocycles. The van der Waals surface area contributed by atoms with Crippen LogP contribution in [0.1, 0.15) is 96.8 Å². The summed E-state index contributed by atoms with van der Waals surface area (Å²) in [6.45, 7) is 19.3. The van der Waals surface area contributed by atoms with Crippen LogP contribution in [0.3, 0.4) is 0 Å². The first-order chi connectivity index (χ1) is 51.4. The van der Waals surface area contributed by atoms with Crippen molar-refractivity contribution in [3.8, 4) is 61.3 Å². The second kappa shape index (κ2) is 21.9. The summed E-state index contributed by atoms with van der Waals surface area (Å²) in [5.74, 6) is 0. The molecule has 2 aliphatic heterocycles. The predicted molar refractivity (Wildman–Crippen MR) is 405 cm³/mol. The molecular weight excluding hydrogens is 1150 g/mol. The molecule has 0 aliphatic carbocycles. The van der Waals surface area contributed by atoms with Crippen molar-refractivity contribution in [3.63, 3.8) is 0 Å².